The molecule has 0 saturated carbocycles. The molecular formula is C14H7Cl2N5OS. The van der Waals surface area contributed by atoms with Gasteiger partial charge in [-0.25, -0.2) is 14.8 Å². The van der Waals surface area contributed by atoms with Gasteiger partial charge in [-0.3, -0.25) is 5.32 Å². The fourth-order valence-corrected chi connectivity index (χ4v) is 3.04. The number of nitrogens with zero attached hydrogens (tertiary/aromatic N) is 3. The second-order valence-corrected chi connectivity index (χ2v) is 6.13. The molecule has 0 atom stereocenters. The van der Waals surface area contributed by atoms with Crippen molar-refractivity contribution in [1.82, 2.24) is 9.97 Å². The SMILES string of the molecule is N#Cc1ccc(NC(=O)Nc2nc3ccc(Cl)nc3s2)cc1Cl. The zero-order valence-electron chi connectivity index (χ0n) is 11.3. The highest BCUT2D eigenvalue weighted by Gasteiger charge is 2.10. The number of urea groups is 1. The van der Waals surface area contributed by atoms with Gasteiger partial charge in [0.1, 0.15) is 21.6 Å². The first-order valence-electron chi connectivity index (χ1n) is 6.26. The van der Waals surface area contributed by atoms with Crippen molar-refractivity contribution in [3.05, 3.63) is 46.1 Å². The summed E-state index contributed by atoms with van der Waals surface area (Å²) in [5.74, 6) is 0. The Labute approximate surface area is 144 Å². The van der Waals surface area contributed by atoms with Crippen LogP contribution in [0.3, 0.4) is 0 Å². The van der Waals surface area contributed by atoms with Gasteiger partial charge in [-0.1, -0.05) is 34.5 Å². The average Bonchev–Trinajstić information content (AvgIpc) is 2.88. The summed E-state index contributed by atoms with van der Waals surface area (Å²) in [5, 5.41) is 15.1. The first-order chi connectivity index (χ1) is 11.0. The number of carbonyl (C=O) groups is 1. The van der Waals surface area contributed by atoms with Crippen molar-refractivity contribution >= 4 is 61.7 Å². The molecule has 2 heterocycles. The Morgan fingerprint density at radius 1 is 1.17 bits per heavy atom. The molecule has 23 heavy (non-hydrogen) atoms. The number of pyridine rings is 1. The molecular weight excluding hydrogens is 357 g/mol. The van der Waals surface area contributed by atoms with E-state index >= 15 is 0 Å². The molecule has 0 aliphatic carbocycles. The van der Waals surface area contributed by atoms with Crippen molar-refractivity contribution in [2.24, 2.45) is 0 Å². The maximum atomic E-state index is 12.0. The van der Waals surface area contributed by atoms with Gasteiger partial charge < -0.3 is 5.32 Å². The van der Waals surface area contributed by atoms with Crippen molar-refractivity contribution < 1.29 is 4.79 Å². The second-order valence-electron chi connectivity index (χ2n) is 4.36. The van der Waals surface area contributed by atoms with Crippen molar-refractivity contribution in [2.45, 2.75) is 0 Å². The number of aromatic nitrogens is 2. The molecule has 0 unspecified atom stereocenters. The highest BCUT2D eigenvalue weighted by atomic mass is 35.5. The van der Waals surface area contributed by atoms with E-state index in [-0.39, 0.29) is 5.02 Å². The molecule has 0 fully saturated rings. The van der Waals surface area contributed by atoms with Gasteiger partial charge in [-0.05, 0) is 30.3 Å². The highest BCUT2D eigenvalue weighted by Crippen LogP contribution is 2.26. The Bertz CT molecular complexity index is 950. The zero-order valence-corrected chi connectivity index (χ0v) is 13.6. The predicted molar refractivity (Wildman–Crippen MR) is 91.2 cm³/mol. The summed E-state index contributed by atoms with van der Waals surface area (Å²) in [4.78, 5) is 21.0. The summed E-state index contributed by atoms with van der Waals surface area (Å²) in [7, 11) is 0. The number of carbonyl (C=O) groups excluding carboxylic acids is 1. The summed E-state index contributed by atoms with van der Waals surface area (Å²) in [5.41, 5.74) is 1.46. The summed E-state index contributed by atoms with van der Waals surface area (Å²) >= 11 is 12.9. The van der Waals surface area contributed by atoms with E-state index in [1.165, 1.54) is 23.5 Å². The van der Waals surface area contributed by atoms with Crippen LogP contribution in [0, 0.1) is 11.3 Å². The number of benzene rings is 1. The van der Waals surface area contributed by atoms with Gasteiger partial charge in [0, 0.05) is 5.69 Å². The standard InChI is InChI=1S/C14H7Cl2N5OS/c15-9-5-8(2-1-7(9)6-17)18-13(22)21-14-19-10-3-4-11(16)20-12(10)23-14/h1-5H,(H2,18,19,21,22). The monoisotopic (exact) mass is 363 g/mol. The highest BCUT2D eigenvalue weighted by molar-refractivity contribution is 7.22. The number of amides is 2. The number of hydrogen-bond donors (Lipinski definition) is 2. The normalized spacial score (nSPS) is 10.3. The average molecular weight is 364 g/mol. The van der Waals surface area contributed by atoms with Crippen LogP contribution in [0.1, 0.15) is 5.56 Å². The third kappa shape index (κ3) is 3.51. The second kappa shape index (κ2) is 6.38. The first-order valence-corrected chi connectivity index (χ1v) is 7.83. The van der Waals surface area contributed by atoms with E-state index in [1.807, 2.05) is 6.07 Å². The molecule has 2 N–H and O–H groups in total. The van der Waals surface area contributed by atoms with Crippen LogP contribution in [-0.4, -0.2) is 16.0 Å². The van der Waals surface area contributed by atoms with E-state index in [0.29, 0.717) is 31.9 Å². The smallest absolute Gasteiger partial charge is 0.308 e. The number of halogens is 2. The lowest BCUT2D eigenvalue weighted by Gasteiger charge is -2.06. The zero-order chi connectivity index (χ0) is 16.4. The van der Waals surface area contributed by atoms with Crippen molar-refractivity contribution in [2.75, 3.05) is 10.6 Å². The van der Waals surface area contributed by atoms with Crippen LogP contribution >= 0.6 is 34.5 Å². The van der Waals surface area contributed by atoms with Crippen LogP contribution in [-0.2, 0) is 0 Å². The quantitative estimate of drug-likeness (QED) is 0.655. The molecule has 3 rings (SSSR count). The lowest BCUT2D eigenvalue weighted by Crippen LogP contribution is -2.19. The number of anilines is 2. The maximum absolute atomic E-state index is 12.0. The van der Waals surface area contributed by atoms with Gasteiger partial charge in [-0.2, -0.15) is 5.26 Å². The van der Waals surface area contributed by atoms with Crippen LogP contribution in [0.15, 0.2) is 30.3 Å². The van der Waals surface area contributed by atoms with Crippen molar-refractivity contribution in [1.29, 1.82) is 5.26 Å². The molecule has 0 saturated heterocycles. The van der Waals surface area contributed by atoms with Crippen LogP contribution in [0.5, 0.6) is 0 Å². The minimum atomic E-state index is -0.476. The van der Waals surface area contributed by atoms with E-state index < -0.39 is 6.03 Å². The number of nitriles is 1. The Balaban J connectivity index is 1.73. The Morgan fingerprint density at radius 3 is 2.74 bits per heavy atom. The molecule has 114 valence electrons. The molecule has 9 heteroatoms. The predicted octanol–water partition coefficient (Wildman–Crippen LogP) is 4.51. The molecule has 6 nitrogen and oxygen atoms in total. The Hall–Kier alpha value is -2.40. The minimum Gasteiger partial charge on any atom is -0.308 e. The topological polar surface area (TPSA) is 90.7 Å². The van der Waals surface area contributed by atoms with E-state index in [9.17, 15) is 4.79 Å². The fraction of sp³-hybridized carbons (Fsp3) is 0. The van der Waals surface area contributed by atoms with Crippen LogP contribution in [0.2, 0.25) is 10.2 Å². The van der Waals surface area contributed by atoms with Gasteiger partial charge in [0.05, 0.1) is 10.6 Å². The Morgan fingerprint density at radius 2 is 2.00 bits per heavy atom. The van der Waals surface area contributed by atoms with E-state index in [2.05, 4.69) is 20.6 Å². The lowest BCUT2D eigenvalue weighted by molar-refractivity contribution is 0.262. The summed E-state index contributed by atoms with van der Waals surface area (Å²) < 4.78 is 0. The minimum absolute atomic E-state index is 0.268. The number of hydrogen-bond acceptors (Lipinski definition) is 5. The van der Waals surface area contributed by atoms with Gasteiger partial charge in [0.15, 0.2) is 5.13 Å². The molecule has 1 aromatic carbocycles. The summed E-state index contributed by atoms with van der Waals surface area (Å²) in [6, 6.07) is 9.45. The van der Waals surface area contributed by atoms with E-state index in [0.717, 1.165) is 0 Å². The van der Waals surface area contributed by atoms with Crippen LogP contribution in [0.4, 0.5) is 15.6 Å². The molecule has 3 aromatic rings. The number of rotatable bonds is 2. The molecule has 2 aromatic heterocycles. The van der Waals surface area contributed by atoms with Gasteiger partial charge >= 0.3 is 6.03 Å². The molecule has 0 radical (unpaired) electrons. The third-order valence-corrected chi connectivity index (χ3v) is 4.19. The fourth-order valence-electron chi connectivity index (χ4n) is 1.79. The first kappa shape index (κ1) is 15.5. The maximum Gasteiger partial charge on any atom is 0.325 e. The summed E-state index contributed by atoms with van der Waals surface area (Å²) in [6.07, 6.45) is 0. The third-order valence-electron chi connectivity index (χ3n) is 2.79. The number of nitrogens with one attached hydrogen (secondary N) is 2. The van der Waals surface area contributed by atoms with Gasteiger partial charge in [0.2, 0.25) is 0 Å². The summed E-state index contributed by atoms with van der Waals surface area (Å²) in [6.45, 7) is 0. The number of fused-ring (bicyclic) bond motifs is 1. The largest absolute Gasteiger partial charge is 0.325 e. The van der Waals surface area contributed by atoms with Gasteiger partial charge in [0.25, 0.3) is 0 Å². The van der Waals surface area contributed by atoms with E-state index in [1.54, 1.807) is 18.2 Å². The van der Waals surface area contributed by atoms with Crippen LogP contribution in [0.25, 0.3) is 10.3 Å². The molecule has 0 spiro atoms. The molecule has 0 bridgehead atoms. The number of thiazole rings is 1. The molecule has 0 aliphatic heterocycles. The van der Waals surface area contributed by atoms with E-state index in [4.69, 9.17) is 28.5 Å². The molecule has 2 amide bonds. The van der Waals surface area contributed by atoms with Crippen LogP contribution < -0.4 is 10.6 Å². The van der Waals surface area contributed by atoms with Crippen molar-refractivity contribution in [3.8, 4) is 6.07 Å². The molecule has 0 aliphatic rings. The lowest BCUT2D eigenvalue weighted by atomic mass is 10.2. The van der Waals surface area contributed by atoms with Crippen molar-refractivity contribution in [3.63, 3.8) is 0 Å². The van der Waals surface area contributed by atoms with Gasteiger partial charge in [-0.15, -0.1) is 0 Å². The Kier molecular flexibility index (Phi) is 4.30.